The summed E-state index contributed by atoms with van der Waals surface area (Å²) in [6.45, 7) is 0. The second kappa shape index (κ2) is 22.4. The maximum absolute atomic E-state index is 8.38. The molecule has 0 aromatic rings. The van der Waals surface area contributed by atoms with Gasteiger partial charge in [0, 0.05) is 16.5 Å². The molecule has 0 aliphatic rings. The molecule has 0 saturated heterocycles. The Morgan fingerprint density at radius 2 is 1.50 bits per heavy atom. The normalized spacial score (nSPS) is 1.50. The molecular weight excluding hydrogens is 164 g/mol. The molecule has 0 radical (unpaired) electrons. The first-order valence-corrected chi connectivity index (χ1v) is 1.50. The van der Waals surface area contributed by atoms with Gasteiger partial charge in [0.05, 0.1) is 0 Å². The summed E-state index contributed by atoms with van der Waals surface area (Å²) in [6.07, 6.45) is 0. The molecule has 0 aromatic carbocycles. The molecule has 0 fully saturated rings. The first-order valence-electron chi connectivity index (χ1n) is 0.289. The van der Waals surface area contributed by atoms with E-state index in [0.717, 1.165) is 0 Å². The van der Waals surface area contributed by atoms with Crippen molar-refractivity contribution in [1.82, 2.24) is 0 Å². The molecule has 0 bridgehead atoms. The zero-order valence-corrected chi connectivity index (χ0v) is 7.51. The van der Waals surface area contributed by atoms with Crippen LogP contribution in [0.3, 0.4) is 0 Å². The molecule has 4 heavy (non-hydrogen) atoms. The first kappa shape index (κ1) is 17.3. The Labute approximate surface area is 63.9 Å². The van der Waals surface area contributed by atoms with E-state index in [-0.39, 0.29) is 60.7 Å². The molecule has 0 N–H and O–H groups in total. The second-order valence-corrected chi connectivity index (χ2v) is 0. The third-order valence-corrected chi connectivity index (χ3v) is 0. The summed E-state index contributed by atoms with van der Waals surface area (Å²) >= 11 is 0.125. The molecule has 0 spiro atoms. The van der Waals surface area contributed by atoms with Crippen LogP contribution in [0.1, 0.15) is 2.85 Å². The Morgan fingerprint density at radius 1 is 1.50 bits per heavy atom. The molecule has 0 rings (SSSR count). The first-order chi connectivity index (χ1) is 1.00. The van der Waals surface area contributed by atoms with Crippen molar-refractivity contribution in [3.05, 3.63) is 0 Å². The van der Waals surface area contributed by atoms with E-state index >= 15 is 0 Å². The predicted octanol–water partition coefficient (Wildman–Crippen LogP) is -0.280. The molecule has 0 aliphatic carbocycles. The Hall–Kier alpha value is 1.68. The monoisotopic (exact) mass is 164 g/mol. The number of rotatable bonds is 0. The summed E-state index contributed by atoms with van der Waals surface area (Å²) in [5, 5.41) is 0. The van der Waals surface area contributed by atoms with Gasteiger partial charge in [0.15, 0.2) is 0 Å². The van der Waals surface area contributed by atoms with Gasteiger partial charge in [-0.2, -0.15) is 0 Å². The van der Waals surface area contributed by atoms with Crippen molar-refractivity contribution in [1.29, 1.82) is 0 Å². The van der Waals surface area contributed by atoms with Gasteiger partial charge in [-0.05, 0) is 0 Å². The molecule has 0 aliphatic heterocycles. The molecule has 0 unspecified atom stereocenters. The minimum atomic E-state index is 0. The summed E-state index contributed by atoms with van der Waals surface area (Å²) in [5.74, 6) is 0. The van der Waals surface area contributed by atoms with Crippen LogP contribution in [0, 0.1) is 0 Å². The van der Waals surface area contributed by atoms with Gasteiger partial charge < -0.3 is 2.85 Å². The van der Waals surface area contributed by atoms with E-state index in [1.807, 2.05) is 0 Å². The topological polar surface area (TPSA) is 17.1 Å². The Bertz CT molecular complexity index is 13.5. The molecule has 0 heterocycles. The fourth-order valence-corrected chi connectivity index (χ4v) is 0. The molecule has 1 nitrogen and oxygen atoms in total. The molecule has 4 heteroatoms. The Kier molecular flexibility index (Phi) is 97.1. The summed E-state index contributed by atoms with van der Waals surface area (Å²) in [7, 11) is 0. The van der Waals surface area contributed by atoms with Crippen LogP contribution in [-0.2, 0) is 38.3 Å². The predicted molar refractivity (Wildman–Crippen MR) is 8.66 cm³/mol. The van der Waals surface area contributed by atoms with E-state index in [9.17, 15) is 0 Å². The summed E-state index contributed by atoms with van der Waals surface area (Å²) < 4.78 is 8.38. The van der Waals surface area contributed by atoms with Crippen LogP contribution in [0.4, 0.5) is 0 Å². The van der Waals surface area contributed by atoms with Gasteiger partial charge in [0.2, 0.25) is 0 Å². The SMILES string of the molecule is [H-].[H-].[Mg+2].[Ni].[O]=[Zn]. The van der Waals surface area contributed by atoms with Crippen molar-refractivity contribution >= 4 is 23.1 Å². The van der Waals surface area contributed by atoms with Gasteiger partial charge in [0.25, 0.3) is 0 Å². The Balaban J connectivity index is -0.000000000833. The van der Waals surface area contributed by atoms with Gasteiger partial charge in [-0.15, -0.1) is 0 Å². The zero-order chi connectivity index (χ0) is 2.00. The average Bonchev–Trinajstić information content (AvgIpc) is 1.00. The van der Waals surface area contributed by atoms with Crippen LogP contribution in [-0.4, -0.2) is 23.1 Å². The van der Waals surface area contributed by atoms with E-state index in [4.69, 9.17) is 3.57 Å². The van der Waals surface area contributed by atoms with Gasteiger partial charge >= 0.3 is 44.9 Å². The van der Waals surface area contributed by atoms with Crippen LogP contribution in [0.15, 0.2) is 0 Å². The van der Waals surface area contributed by atoms with Crippen molar-refractivity contribution in [3.63, 3.8) is 0 Å². The van der Waals surface area contributed by atoms with E-state index < -0.39 is 0 Å². The third-order valence-electron chi connectivity index (χ3n) is 0. The van der Waals surface area contributed by atoms with E-state index in [1.165, 1.54) is 0 Å². The Morgan fingerprint density at radius 3 is 1.50 bits per heavy atom. The van der Waals surface area contributed by atoms with Gasteiger partial charge in [0.1, 0.15) is 0 Å². The van der Waals surface area contributed by atoms with Crippen molar-refractivity contribution in [3.8, 4) is 0 Å². The number of hydrogen-bond donors (Lipinski definition) is 0. The average molecular weight is 166 g/mol. The molecule has 22 valence electrons. The number of hydrogen-bond acceptors (Lipinski definition) is 1. The van der Waals surface area contributed by atoms with Crippen molar-refractivity contribution in [2.45, 2.75) is 0 Å². The molecular formula is H2MgNiOZn. The summed E-state index contributed by atoms with van der Waals surface area (Å²) in [5.41, 5.74) is 0. The van der Waals surface area contributed by atoms with Crippen LogP contribution in [0.25, 0.3) is 0 Å². The van der Waals surface area contributed by atoms with Crippen LogP contribution in [0.5, 0.6) is 0 Å². The van der Waals surface area contributed by atoms with Crippen LogP contribution < -0.4 is 0 Å². The minimum absolute atomic E-state index is 0. The molecule has 0 saturated carbocycles. The van der Waals surface area contributed by atoms with E-state index in [2.05, 4.69) is 0 Å². The van der Waals surface area contributed by atoms with E-state index in [1.54, 1.807) is 0 Å². The van der Waals surface area contributed by atoms with Crippen molar-refractivity contribution in [2.24, 2.45) is 0 Å². The maximum atomic E-state index is 8.38. The molecule has 0 aromatic heterocycles. The second-order valence-electron chi connectivity index (χ2n) is 0. The van der Waals surface area contributed by atoms with Crippen molar-refractivity contribution < 1.29 is 41.2 Å². The van der Waals surface area contributed by atoms with Gasteiger partial charge in [-0.25, -0.2) is 0 Å². The molecule has 0 amide bonds. The molecule has 0 atom stereocenters. The van der Waals surface area contributed by atoms with Crippen LogP contribution in [0.2, 0.25) is 0 Å². The summed E-state index contributed by atoms with van der Waals surface area (Å²) in [4.78, 5) is 0. The summed E-state index contributed by atoms with van der Waals surface area (Å²) in [6, 6.07) is 0. The third kappa shape index (κ3) is 9.36. The van der Waals surface area contributed by atoms with Crippen molar-refractivity contribution in [2.75, 3.05) is 0 Å². The quantitative estimate of drug-likeness (QED) is 0.453. The van der Waals surface area contributed by atoms with E-state index in [0.29, 0.717) is 0 Å². The standard InChI is InChI=1S/Mg.Ni.O.Zn.2H/q+2;;;;2*-1. The fraction of sp³-hybridized carbons (Fsp3) is 0. The fourth-order valence-electron chi connectivity index (χ4n) is 0. The zero-order valence-electron chi connectivity index (χ0n) is 4.14. The van der Waals surface area contributed by atoms with Gasteiger partial charge in [-0.3, -0.25) is 0 Å². The van der Waals surface area contributed by atoms with Gasteiger partial charge in [-0.1, -0.05) is 0 Å². The van der Waals surface area contributed by atoms with Crippen LogP contribution >= 0.6 is 0 Å².